The van der Waals surface area contributed by atoms with Crippen LogP contribution in [0.4, 0.5) is 0 Å². The zero-order valence-corrected chi connectivity index (χ0v) is 10.8. The van der Waals surface area contributed by atoms with Crippen molar-refractivity contribution in [3.8, 4) is 0 Å². The molecular weight excluding hydrogens is 198 g/mol. The van der Waals surface area contributed by atoms with Crippen LogP contribution in [-0.2, 0) is 17.9 Å². The van der Waals surface area contributed by atoms with Crippen molar-refractivity contribution in [2.75, 3.05) is 7.11 Å². The van der Waals surface area contributed by atoms with Gasteiger partial charge in [0.25, 0.3) is 0 Å². The fourth-order valence-corrected chi connectivity index (χ4v) is 1.49. The van der Waals surface area contributed by atoms with E-state index in [1.54, 1.807) is 7.11 Å². The molecule has 1 aromatic rings. The van der Waals surface area contributed by atoms with E-state index in [4.69, 9.17) is 4.74 Å². The lowest BCUT2D eigenvalue weighted by molar-refractivity contribution is 0.183. The largest absolute Gasteiger partial charge is 0.380 e. The smallest absolute Gasteiger partial charge is 0.0716 e. The van der Waals surface area contributed by atoms with Gasteiger partial charge in [-0.2, -0.15) is 0 Å². The molecule has 0 saturated heterocycles. The van der Waals surface area contributed by atoms with Gasteiger partial charge >= 0.3 is 0 Å². The van der Waals surface area contributed by atoms with Crippen LogP contribution in [0, 0.1) is 0 Å². The van der Waals surface area contributed by atoms with Crippen LogP contribution in [0.1, 0.15) is 38.3 Å². The van der Waals surface area contributed by atoms with Crippen molar-refractivity contribution in [1.82, 2.24) is 5.32 Å². The molecule has 90 valence electrons. The fourth-order valence-electron chi connectivity index (χ4n) is 1.49. The number of methoxy groups -OCH3 is 1. The number of hydrogen-bond donors (Lipinski definition) is 1. The molecule has 0 fully saturated rings. The molecule has 0 saturated carbocycles. The van der Waals surface area contributed by atoms with Crippen molar-refractivity contribution < 1.29 is 4.74 Å². The zero-order chi connectivity index (χ0) is 12.0. The second-order valence-electron chi connectivity index (χ2n) is 4.79. The third kappa shape index (κ3) is 3.95. The number of benzene rings is 1. The van der Waals surface area contributed by atoms with Gasteiger partial charge in [-0.15, -0.1) is 0 Å². The SMILES string of the molecule is CCC(C)(C)NCc1ccccc1COC. The number of ether oxygens (including phenoxy) is 1. The average molecular weight is 221 g/mol. The first-order chi connectivity index (χ1) is 7.59. The van der Waals surface area contributed by atoms with Gasteiger partial charge in [-0.05, 0) is 31.4 Å². The Morgan fingerprint density at radius 2 is 1.81 bits per heavy atom. The lowest BCUT2D eigenvalue weighted by Crippen LogP contribution is -2.38. The van der Waals surface area contributed by atoms with E-state index >= 15 is 0 Å². The van der Waals surface area contributed by atoms with Gasteiger partial charge in [0, 0.05) is 19.2 Å². The Bertz CT molecular complexity index is 320. The van der Waals surface area contributed by atoms with Gasteiger partial charge in [0.1, 0.15) is 0 Å². The Labute approximate surface area is 99.0 Å². The molecule has 0 aromatic heterocycles. The van der Waals surface area contributed by atoms with Crippen LogP contribution in [0.3, 0.4) is 0 Å². The molecule has 16 heavy (non-hydrogen) atoms. The molecule has 0 heterocycles. The van der Waals surface area contributed by atoms with Gasteiger partial charge in [-0.25, -0.2) is 0 Å². The standard InChI is InChI=1S/C14H23NO/c1-5-14(2,3)15-10-12-8-6-7-9-13(12)11-16-4/h6-9,15H,5,10-11H2,1-4H3. The van der Waals surface area contributed by atoms with E-state index in [2.05, 4.69) is 50.4 Å². The van der Waals surface area contributed by atoms with E-state index in [1.165, 1.54) is 11.1 Å². The molecule has 2 heteroatoms. The van der Waals surface area contributed by atoms with Gasteiger partial charge < -0.3 is 10.1 Å². The van der Waals surface area contributed by atoms with Crippen LogP contribution < -0.4 is 5.32 Å². The zero-order valence-electron chi connectivity index (χ0n) is 10.8. The van der Waals surface area contributed by atoms with Gasteiger partial charge in [0.2, 0.25) is 0 Å². The van der Waals surface area contributed by atoms with E-state index < -0.39 is 0 Å². The first-order valence-corrected chi connectivity index (χ1v) is 5.90. The lowest BCUT2D eigenvalue weighted by atomic mass is 10.0. The van der Waals surface area contributed by atoms with E-state index in [0.717, 1.165) is 13.0 Å². The molecule has 0 atom stereocenters. The third-order valence-corrected chi connectivity index (χ3v) is 3.06. The highest BCUT2D eigenvalue weighted by molar-refractivity contribution is 5.26. The van der Waals surface area contributed by atoms with E-state index in [1.807, 2.05) is 0 Å². The van der Waals surface area contributed by atoms with Crippen LogP contribution in [0.5, 0.6) is 0 Å². The van der Waals surface area contributed by atoms with E-state index in [0.29, 0.717) is 6.61 Å². The Morgan fingerprint density at radius 1 is 1.19 bits per heavy atom. The Balaban J connectivity index is 2.66. The summed E-state index contributed by atoms with van der Waals surface area (Å²) in [7, 11) is 1.74. The van der Waals surface area contributed by atoms with Crippen molar-refractivity contribution in [1.29, 1.82) is 0 Å². The van der Waals surface area contributed by atoms with Crippen LogP contribution >= 0.6 is 0 Å². The summed E-state index contributed by atoms with van der Waals surface area (Å²) >= 11 is 0. The summed E-state index contributed by atoms with van der Waals surface area (Å²) < 4.78 is 5.20. The Kier molecular flexibility index (Phi) is 4.97. The molecule has 0 bridgehead atoms. The first kappa shape index (κ1) is 13.2. The summed E-state index contributed by atoms with van der Waals surface area (Å²) in [5, 5.41) is 3.57. The number of hydrogen-bond acceptors (Lipinski definition) is 2. The van der Waals surface area contributed by atoms with E-state index in [9.17, 15) is 0 Å². The van der Waals surface area contributed by atoms with Crippen LogP contribution in [0.15, 0.2) is 24.3 Å². The van der Waals surface area contributed by atoms with Crippen molar-refractivity contribution >= 4 is 0 Å². The molecule has 0 aliphatic heterocycles. The maximum absolute atomic E-state index is 5.20. The van der Waals surface area contributed by atoms with Crippen molar-refractivity contribution in [2.24, 2.45) is 0 Å². The number of nitrogens with one attached hydrogen (secondary N) is 1. The fraction of sp³-hybridized carbons (Fsp3) is 0.571. The summed E-state index contributed by atoms with van der Waals surface area (Å²) in [4.78, 5) is 0. The van der Waals surface area contributed by atoms with Crippen molar-refractivity contribution in [2.45, 2.75) is 45.9 Å². The molecular formula is C14H23NO. The highest BCUT2D eigenvalue weighted by Crippen LogP contribution is 2.13. The number of rotatable bonds is 6. The highest BCUT2D eigenvalue weighted by atomic mass is 16.5. The summed E-state index contributed by atoms with van der Waals surface area (Å²) in [6.45, 7) is 8.25. The third-order valence-electron chi connectivity index (χ3n) is 3.06. The average Bonchev–Trinajstić information content (AvgIpc) is 2.28. The molecule has 1 N–H and O–H groups in total. The summed E-state index contributed by atoms with van der Waals surface area (Å²) in [5.74, 6) is 0. The second kappa shape index (κ2) is 6.02. The second-order valence-corrected chi connectivity index (χ2v) is 4.79. The molecule has 0 amide bonds. The maximum Gasteiger partial charge on any atom is 0.0716 e. The molecule has 0 unspecified atom stereocenters. The molecule has 1 rings (SSSR count). The Morgan fingerprint density at radius 3 is 2.38 bits per heavy atom. The highest BCUT2D eigenvalue weighted by Gasteiger charge is 2.14. The molecule has 0 aliphatic carbocycles. The molecule has 1 aromatic carbocycles. The van der Waals surface area contributed by atoms with Gasteiger partial charge in [0.15, 0.2) is 0 Å². The normalized spacial score (nSPS) is 11.8. The predicted octanol–water partition coefficient (Wildman–Crippen LogP) is 3.11. The molecule has 0 spiro atoms. The minimum atomic E-state index is 0.195. The van der Waals surface area contributed by atoms with Gasteiger partial charge in [-0.1, -0.05) is 31.2 Å². The minimum Gasteiger partial charge on any atom is -0.380 e. The summed E-state index contributed by atoms with van der Waals surface area (Å²) in [6, 6.07) is 8.42. The van der Waals surface area contributed by atoms with Crippen LogP contribution in [0.2, 0.25) is 0 Å². The summed E-state index contributed by atoms with van der Waals surface area (Å²) in [5.41, 5.74) is 2.79. The quantitative estimate of drug-likeness (QED) is 0.797. The Hall–Kier alpha value is -0.860. The molecule has 2 nitrogen and oxygen atoms in total. The minimum absolute atomic E-state index is 0.195. The van der Waals surface area contributed by atoms with Crippen LogP contribution in [-0.4, -0.2) is 12.6 Å². The topological polar surface area (TPSA) is 21.3 Å². The van der Waals surface area contributed by atoms with Gasteiger partial charge in [0.05, 0.1) is 6.61 Å². The first-order valence-electron chi connectivity index (χ1n) is 5.90. The van der Waals surface area contributed by atoms with Gasteiger partial charge in [-0.3, -0.25) is 0 Å². The van der Waals surface area contributed by atoms with E-state index in [-0.39, 0.29) is 5.54 Å². The lowest BCUT2D eigenvalue weighted by Gasteiger charge is -2.25. The van der Waals surface area contributed by atoms with Crippen LogP contribution in [0.25, 0.3) is 0 Å². The molecule has 0 aliphatic rings. The maximum atomic E-state index is 5.20. The molecule has 0 radical (unpaired) electrons. The monoisotopic (exact) mass is 221 g/mol. The predicted molar refractivity (Wildman–Crippen MR) is 68.4 cm³/mol. The van der Waals surface area contributed by atoms with Crippen molar-refractivity contribution in [3.63, 3.8) is 0 Å². The summed E-state index contributed by atoms with van der Waals surface area (Å²) in [6.07, 6.45) is 1.12. The van der Waals surface area contributed by atoms with Crippen molar-refractivity contribution in [3.05, 3.63) is 35.4 Å².